The van der Waals surface area contributed by atoms with Crippen LogP contribution < -0.4 is 20.9 Å². The smallest absolute Gasteiger partial charge is 0.318 e. The summed E-state index contributed by atoms with van der Waals surface area (Å²) in [6.07, 6.45) is 7.01. The topological polar surface area (TPSA) is 156 Å². The summed E-state index contributed by atoms with van der Waals surface area (Å²) in [7, 11) is 0. The van der Waals surface area contributed by atoms with Crippen molar-refractivity contribution < 1.29 is 14.7 Å². The number of nitrogens with one attached hydrogen (secondary N) is 3. The second-order valence-corrected chi connectivity index (χ2v) is 10.5. The van der Waals surface area contributed by atoms with Gasteiger partial charge < -0.3 is 20.6 Å². The Morgan fingerprint density at radius 2 is 2.18 bits per heavy atom. The number of piperidine rings is 1. The fourth-order valence-electron chi connectivity index (χ4n) is 5.29. The molecule has 0 saturated carbocycles. The predicted octanol–water partition coefficient (Wildman–Crippen LogP) is 3.31. The number of carboxylic acid groups (broad SMARTS) is 1. The second-order valence-electron chi connectivity index (χ2n) is 9.67. The van der Waals surface area contributed by atoms with Gasteiger partial charge in [0, 0.05) is 43.0 Å². The van der Waals surface area contributed by atoms with Crippen molar-refractivity contribution in [3.05, 3.63) is 53.8 Å². The van der Waals surface area contributed by atoms with Crippen molar-refractivity contribution in [2.45, 2.75) is 26.1 Å². The van der Waals surface area contributed by atoms with Gasteiger partial charge in [-0.05, 0) is 57.2 Å². The van der Waals surface area contributed by atoms with Crippen molar-refractivity contribution in [3.8, 4) is 17.3 Å². The van der Waals surface area contributed by atoms with Gasteiger partial charge in [-0.3, -0.25) is 15.1 Å². The number of hydrogen-bond acceptors (Lipinski definition) is 9. The quantitative estimate of drug-likeness (QED) is 0.368. The van der Waals surface area contributed by atoms with Crippen LogP contribution in [0.15, 0.2) is 53.2 Å². The minimum Gasteiger partial charge on any atom is -0.481 e. The number of aliphatic imine (C=N–C) groups is 1. The van der Waals surface area contributed by atoms with E-state index in [4.69, 9.17) is 4.99 Å². The van der Waals surface area contributed by atoms with Crippen LogP contribution in [-0.4, -0.2) is 58.7 Å². The number of hydrogen-bond donors (Lipinski definition) is 4. The number of fused-ring (bicyclic) bond motifs is 1. The Bertz CT molecular complexity index is 1510. The van der Waals surface area contributed by atoms with E-state index in [-0.39, 0.29) is 0 Å². The van der Waals surface area contributed by atoms with Gasteiger partial charge in [-0.1, -0.05) is 0 Å². The molecule has 39 heavy (non-hydrogen) atoms. The Morgan fingerprint density at radius 1 is 1.33 bits per heavy atom. The zero-order chi connectivity index (χ0) is 27.6. The average molecular weight is 545 g/mol. The van der Waals surface area contributed by atoms with Gasteiger partial charge in [0.05, 0.1) is 38.3 Å². The first kappa shape index (κ1) is 26.3. The first-order valence-electron chi connectivity index (χ1n) is 12.6. The molecule has 4 N–H and O–H groups in total. The van der Waals surface area contributed by atoms with Crippen LogP contribution in [0.25, 0.3) is 21.5 Å². The summed E-state index contributed by atoms with van der Waals surface area (Å²) in [5.74, 6) is -3.07. The molecular weight excluding hydrogens is 516 g/mol. The molecule has 4 heterocycles. The molecule has 1 fully saturated rings. The molecule has 11 nitrogen and oxygen atoms in total. The van der Waals surface area contributed by atoms with Gasteiger partial charge in [-0.15, -0.1) is 11.3 Å². The number of allylic oxidation sites excluding steroid dienone is 1. The monoisotopic (exact) mass is 544 g/mol. The Balaban J connectivity index is 1.70. The van der Waals surface area contributed by atoms with E-state index >= 15 is 0 Å². The number of carbonyl (C=O) groups excluding carboxylic acids is 1. The maximum Gasteiger partial charge on any atom is 0.318 e. The summed E-state index contributed by atoms with van der Waals surface area (Å²) in [6, 6.07) is 8.95. The fourth-order valence-corrected chi connectivity index (χ4v) is 6.08. The molecule has 1 saturated heterocycles. The number of anilines is 1. The van der Waals surface area contributed by atoms with E-state index < -0.39 is 29.1 Å². The highest BCUT2D eigenvalue weighted by molar-refractivity contribution is 7.17. The predicted molar refractivity (Wildman–Crippen MR) is 149 cm³/mol. The van der Waals surface area contributed by atoms with Crippen molar-refractivity contribution in [2.75, 3.05) is 24.5 Å². The molecule has 1 aromatic carbocycles. The lowest BCUT2D eigenvalue weighted by atomic mass is 9.68. The summed E-state index contributed by atoms with van der Waals surface area (Å²) >= 11 is 1.47. The molecule has 200 valence electrons. The lowest BCUT2D eigenvalue weighted by Gasteiger charge is -2.52. The first-order chi connectivity index (χ1) is 18.8. The zero-order valence-corrected chi connectivity index (χ0v) is 22.3. The molecule has 2 aromatic heterocycles. The number of aliphatic carboxylic acids is 1. The van der Waals surface area contributed by atoms with E-state index in [1.165, 1.54) is 17.5 Å². The van der Waals surface area contributed by atoms with Gasteiger partial charge in [-0.25, -0.2) is 14.8 Å². The molecule has 2 amide bonds. The van der Waals surface area contributed by atoms with E-state index in [0.29, 0.717) is 43.0 Å². The third-order valence-corrected chi connectivity index (χ3v) is 8.25. The highest BCUT2D eigenvalue weighted by atomic mass is 32.1. The Labute approximate surface area is 229 Å². The molecule has 0 radical (unpaired) electrons. The molecule has 12 heteroatoms. The van der Waals surface area contributed by atoms with Gasteiger partial charge in [0.15, 0.2) is 0 Å². The number of carboxylic acids is 1. The number of amides is 2. The number of benzene rings is 1. The molecule has 3 atom stereocenters. The molecule has 3 unspecified atom stereocenters. The molecule has 2 aliphatic rings. The highest BCUT2D eigenvalue weighted by Crippen LogP contribution is 2.46. The van der Waals surface area contributed by atoms with Crippen LogP contribution in [0.2, 0.25) is 0 Å². The van der Waals surface area contributed by atoms with Gasteiger partial charge in [-0.2, -0.15) is 5.26 Å². The number of nitriles is 1. The summed E-state index contributed by atoms with van der Waals surface area (Å²) < 4.78 is 0.914. The highest BCUT2D eigenvalue weighted by Gasteiger charge is 2.57. The van der Waals surface area contributed by atoms with E-state index in [9.17, 15) is 20.0 Å². The minimum absolute atomic E-state index is 0.319. The van der Waals surface area contributed by atoms with Crippen LogP contribution >= 0.6 is 11.3 Å². The average Bonchev–Trinajstić information content (AvgIpc) is 3.42. The number of aromatic nitrogens is 2. The molecule has 2 aliphatic heterocycles. The van der Waals surface area contributed by atoms with Crippen LogP contribution in [0.1, 0.15) is 25.8 Å². The second kappa shape index (κ2) is 10.4. The summed E-state index contributed by atoms with van der Waals surface area (Å²) in [5.41, 5.74) is 3.84. The third kappa shape index (κ3) is 4.60. The van der Waals surface area contributed by atoms with E-state index in [0.717, 1.165) is 15.8 Å². The number of thiazole rings is 1. The normalized spacial score (nSPS) is 24.3. The third-order valence-electron chi connectivity index (χ3n) is 7.37. The zero-order valence-electron chi connectivity index (χ0n) is 21.5. The van der Waals surface area contributed by atoms with Crippen LogP contribution in [0.3, 0.4) is 0 Å². The van der Waals surface area contributed by atoms with E-state index in [2.05, 4.69) is 32.0 Å². The fraction of sp³-hybridized carbons (Fsp3) is 0.333. The van der Waals surface area contributed by atoms with Gasteiger partial charge >= 0.3 is 12.0 Å². The van der Waals surface area contributed by atoms with Crippen molar-refractivity contribution in [1.82, 2.24) is 25.9 Å². The maximum atomic E-state index is 13.1. The van der Waals surface area contributed by atoms with Crippen molar-refractivity contribution in [2.24, 2.45) is 16.3 Å². The van der Waals surface area contributed by atoms with E-state index in [1.807, 2.05) is 24.0 Å². The summed E-state index contributed by atoms with van der Waals surface area (Å²) in [6.45, 7) is 4.77. The number of urea groups is 1. The summed E-state index contributed by atoms with van der Waals surface area (Å²) in [5, 5.41) is 28.7. The molecule has 0 spiro atoms. The molecule has 3 aromatic rings. The van der Waals surface area contributed by atoms with Crippen molar-refractivity contribution in [1.29, 1.82) is 5.26 Å². The van der Waals surface area contributed by atoms with Crippen LogP contribution in [0.4, 0.5) is 10.5 Å². The minimum atomic E-state index is -1.46. The van der Waals surface area contributed by atoms with Crippen molar-refractivity contribution in [3.63, 3.8) is 0 Å². The number of pyridine rings is 1. The number of carbonyl (C=O) groups is 2. The van der Waals surface area contributed by atoms with E-state index in [1.54, 1.807) is 43.1 Å². The van der Waals surface area contributed by atoms with Gasteiger partial charge in [0.25, 0.3) is 0 Å². The number of rotatable bonds is 6. The Kier molecular flexibility index (Phi) is 7.03. The lowest BCUT2D eigenvalue weighted by Crippen LogP contribution is -2.71. The Hall–Kier alpha value is -4.34. The number of nitrogens with zero attached hydrogens (tertiary/aromatic N) is 5. The Morgan fingerprint density at radius 3 is 2.90 bits per heavy atom. The molecular formula is C27H28N8O3S. The molecule has 5 rings (SSSR count). The lowest BCUT2D eigenvalue weighted by molar-refractivity contribution is -0.155. The molecule has 0 aliphatic carbocycles. The standard InChI is InChI=1S/C27H28N8O3S/c1-3-30-25(38)34-27(22-15-29-9-7-26(22,2)24(36)37)33-8-4-10-35(27)18-11-19(23-21(12-18)32-16-39-23)20-6-5-17(13-28)14-31-20/h4-6,8,10-12,14,16,22,29H,3,7,9,15H2,1-2H3,(H,36,37)(H2,30,34,38). The largest absolute Gasteiger partial charge is 0.481 e. The molecule has 0 bridgehead atoms. The van der Waals surface area contributed by atoms with Gasteiger partial charge in [0.1, 0.15) is 6.07 Å². The maximum absolute atomic E-state index is 13.1. The van der Waals surface area contributed by atoms with Gasteiger partial charge in [0.2, 0.25) is 5.79 Å². The first-order valence-corrected chi connectivity index (χ1v) is 13.5. The van der Waals surface area contributed by atoms with Crippen molar-refractivity contribution >= 4 is 45.5 Å². The van der Waals surface area contributed by atoms with Crippen LogP contribution in [0, 0.1) is 22.7 Å². The SMILES string of the molecule is CCNC(=O)NC1(C2CNCCC2(C)C(=O)O)N=CC=CN1c1cc(-c2ccc(C#N)cn2)c2scnc2c1. The van der Waals surface area contributed by atoms with Crippen LogP contribution in [0.5, 0.6) is 0 Å². The van der Waals surface area contributed by atoms with Crippen LogP contribution in [-0.2, 0) is 4.79 Å². The summed E-state index contributed by atoms with van der Waals surface area (Å²) in [4.78, 5) is 41.4.